The lowest BCUT2D eigenvalue weighted by atomic mass is 10.1. The van der Waals surface area contributed by atoms with Crippen LogP contribution in [0, 0.1) is 24.0 Å². The Morgan fingerprint density at radius 2 is 1.68 bits per heavy atom. The molecule has 0 aliphatic heterocycles. The number of nitro benzene ring substituents is 1. The third-order valence-electron chi connectivity index (χ3n) is 4.96. The van der Waals surface area contributed by atoms with Crippen LogP contribution in [-0.2, 0) is 10.0 Å². The molecule has 0 bridgehead atoms. The molecular weight excluding hydrogens is 418 g/mol. The van der Waals surface area contributed by atoms with Gasteiger partial charge >= 0.3 is 0 Å². The fourth-order valence-electron chi connectivity index (χ4n) is 3.12. The molecule has 3 rings (SSSR count). The number of anilines is 2. The van der Waals surface area contributed by atoms with Crippen LogP contribution in [0.15, 0.2) is 71.6 Å². The van der Waals surface area contributed by atoms with E-state index in [1.54, 1.807) is 50.2 Å². The van der Waals surface area contributed by atoms with Gasteiger partial charge in [0.15, 0.2) is 0 Å². The van der Waals surface area contributed by atoms with Gasteiger partial charge in [0.2, 0.25) is 0 Å². The largest absolute Gasteiger partial charge is 0.321 e. The monoisotopic (exact) mass is 439 g/mol. The second-order valence-electron chi connectivity index (χ2n) is 6.95. The minimum absolute atomic E-state index is 0.101. The lowest BCUT2D eigenvalue weighted by Gasteiger charge is -2.22. The average Bonchev–Trinajstić information content (AvgIpc) is 2.75. The molecular formula is C22H21N3O5S. The zero-order valence-electron chi connectivity index (χ0n) is 17.2. The first-order chi connectivity index (χ1) is 14.6. The van der Waals surface area contributed by atoms with Crippen LogP contribution in [0.4, 0.5) is 17.1 Å². The smallest absolute Gasteiger partial charge is 0.274 e. The normalized spacial score (nSPS) is 11.1. The molecule has 3 aromatic rings. The van der Waals surface area contributed by atoms with E-state index >= 15 is 0 Å². The van der Waals surface area contributed by atoms with Gasteiger partial charge < -0.3 is 5.32 Å². The van der Waals surface area contributed by atoms with Gasteiger partial charge in [0.05, 0.1) is 26.8 Å². The number of nitrogens with zero attached hydrogens (tertiary/aromatic N) is 2. The molecule has 0 aliphatic rings. The highest BCUT2D eigenvalue weighted by atomic mass is 32.2. The molecule has 9 heteroatoms. The van der Waals surface area contributed by atoms with Crippen molar-refractivity contribution < 1.29 is 18.1 Å². The maximum absolute atomic E-state index is 13.0. The van der Waals surface area contributed by atoms with Gasteiger partial charge in [0.1, 0.15) is 0 Å². The van der Waals surface area contributed by atoms with E-state index in [-0.39, 0.29) is 16.1 Å². The number of amides is 1. The van der Waals surface area contributed by atoms with Crippen molar-refractivity contribution in [1.82, 2.24) is 0 Å². The number of sulfonamides is 1. The van der Waals surface area contributed by atoms with Crippen molar-refractivity contribution in [3.05, 3.63) is 93.5 Å². The minimum Gasteiger partial charge on any atom is -0.321 e. The number of nitro groups is 1. The molecule has 8 nitrogen and oxygen atoms in total. The first-order valence-corrected chi connectivity index (χ1v) is 10.8. The highest BCUT2D eigenvalue weighted by Crippen LogP contribution is 2.28. The van der Waals surface area contributed by atoms with Crippen molar-refractivity contribution in [2.45, 2.75) is 18.7 Å². The summed E-state index contributed by atoms with van der Waals surface area (Å²) in [4.78, 5) is 23.6. The second-order valence-corrected chi connectivity index (χ2v) is 8.92. The van der Waals surface area contributed by atoms with E-state index in [1.807, 2.05) is 0 Å². The maximum atomic E-state index is 13.0. The molecule has 0 heterocycles. The van der Waals surface area contributed by atoms with E-state index < -0.39 is 20.9 Å². The van der Waals surface area contributed by atoms with Crippen molar-refractivity contribution in [3.63, 3.8) is 0 Å². The molecule has 0 fully saturated rings. The predicted molar refractivity (Wildman–Crippen MR) is 119 cm³/mol. The Kier molecular flexibility index (Phi) is 6.07. The molecule has 31 heavy (non-hydrogen) atoms. The summed E-state index contributed by atoms with van der Waals surface area (Å²) < 4.78 is 27.1. The quantitative estimate of drug-likeness (QED) is 0.455. The fraction of sp³-hybridized carbons (Fsp3) is 0.136. The molecule has 0 unspecified atom stereocenters. The van der Waals surface area contributed by atoms with Gasteiger partial charge in [-0.2, -0.15) is 0 Å². The Balaban J connectivity index is 1.94. The average molecular weight is 439 g/mol. The third kappa shape index (κ3) is 4.41. The standard InChI is InChI=1S/C22H21N3O5S/c1-15-12-13-17(22(26)23-19-10-7-11-20(16(19)2)25(27)28)14-21(15)24(3)31(29,30)18-8-5-4-6-9-18/h4-14H,1-3H3,(H,23,26). The number of rotatable bonds is 6. The fourth-order valence-corrected chi connectivity index (χ4v) is 4.39. The molecule has 160 valence electrons. The summed E-state index contributed by atoms with van der Waals surface area (Å²) in [5.74, 6) is -0.504. The Labute approximate surface area is 180 Å². The number of hydrogen-bond donors (Lipinski definition) is 1. The predicted octanol–water partition coefficient (Wildman–Crippen LogP) is 4.29. The van der Waals surface area contributed by atoms with E-state index in [4.69, 9.17) is 0 Å². The zero-order valence-corrected chi connectivity index (χ0v) is 18.0. The van der Waals surface area contributed by atoms with Crippen LogP contribution in [0.5, 0.6) is 0 Å². The zero-order chi connectivity index (χ0) is 22.8. The van der Waals surface area contributed by atoms with Gasteiger partial charge in [-0.25, -0.2) is 8.42 Å². The minimum atomic E-state index is -3.81. The van der Waals surface area contributed by atoms with Crippen molar-refractivity contribution in [2.24, 2.45) is 0 Å². The van der Waals surface area contributed by atoms with Crippen LogP contribution >= 0.6 is 0 Å². The van der Waals surface area contributed by atoms with Crippen molar-refractivity contribution >= 4 is 33.0 Å². The van der Waals surface area contributed by atoms with Crippen LogP contribution in [0.25, 0.3) is 0 Å². The van der Waals surface area contributed by atoms with Gasteiger partial charge in [0.25, 0.3) is 21.6 Å². The Hall–Kier alpha value is -3.72. The molecule has 1 N–H and O–H groups in total. The molecule has 0 radical (unpaired) electrons. The Bertz CT molecular complexity index is 1260. The topological polar surface area (TPSA) is 110 Å². The molecule has 0 saturated carbocycles. The molecule has 0 aromatic heterocycles. The highest BCUT2D eigenvalue weighted by Gasteiger charge is 2.23. The van der Waals surface area contributed by atoms with Gasteiger partial charge in [-0.3, -0.25) is 19.2 Å². The molecule has 1 amide bonds. The first kappa shape index (κ1) is 22.0. The summed E-state index contributed by atoms with van der Waals surface area (Å²) in [7, 11) is -2.38. The van der Waals surface area contributed by atoms with E-state index in [0.29, 0.717) is 22.5 Å². The van der Waals surface area contributed by atoms with Gasteiger partial charge in [-0.15, -0.1) is 0 Å². The summed E-state index contributed by atoms with van der Waals surface area (Å²) in [6.07, 6.45) is 0. The molecule has 0 spiro atoms. The molecule has 0 atom stereocenters. The molecule has 0 saturated heterocycles. The molecule has 0 aliphatic carbocycles. The van der Waals surface area contributed by atoms with Crippen molar-refractivity contribution in [2.75, 3.05) is 16.7 Å². The summed E-state index contributed by atoms with van der Waals surface area (Å²) in [6.45, 7) is 3.30. The lowest BCUT2D eigenvalue weighted by molar-refractivity contribution is -0.385. The van der Waals surface area contributed by atoms with Crippen molar-refractivity contribution in [3.8, 4) is 0 Å². The third-order valence-corrected chi connectivity index (χ3v) is 6.75. The molecule has 3 aromatic carbocycles. The summed E-state index contributed by atoms with van der Waals surface area (Å²) in [5, 5.41) is 13.8. The van der Waals surface area contributed by atoms with Crippen LogP contribution in [-0.4, -0.2) is 26.3 Å². The van der Waals surface area contributed by atoms with E-state index in [9.17, 15) is 23.3 Å². The summed E-state index contributed by atoms with van der Waals surface area (Å²) in [5.41, 5.74) is 1.79. The summed E-state index contributed by atoms with van der Waals surface area (Å²) in [6, 6.07) is 17.1. The van der Waals surface area contributed by atoms with E-state index in [0.717, 1.165) is 4.31 Å². The maximum Gasteiger partial charge on any atom is 0.274 e. The highest BCUT2D eigenvalue weighted by molar-refractivity contribution is 7.92. The lowest BCUT2D eigenvalue weighted by Crippen LogP contribution is -2.27. The number of benzene rings is 3. The van der Waals surface area contributed by atoms with Crippen LogP contribution in [0.3, 0.4) is 0 Å². The van der Waals surface area contributed by atoms with Gasteiger partial charge in [-0.1, -0.05) is 30.3 Å². The van der Waals surface area contributed by atoms with Crippen LogP contribution < -0.4 is 9.62 Å². The van der Waals surface area contributed by atoms with Crippen molar-refractivity contribution in [1.29, 1.82) is 0 Å². The number of nitrogens with one attached hydrogen (secondary N) is 1. The van der Waals surface area contributed by atoms with Gasteiger partial charge in [0, 0.05) is 18.7 Å². The second kappa shape index (κ2) is 8.57. The van der Waals surface area contributed by atoms with Crippen LogP contribution in [0.2, 0.25) is 0 Å². The number of hydrogen-bond acceptors (Lipinski definition) is 5. The Morgan fingerprint density at radius 1 is 1.00 bits per heavy atom. The van der Waals surface area contributed by atoms with E-state index in [1.165, 1.54) is 37.4 Å². The number of carbonyl (C=O) groups excluding carboxylic acids is 1. The van der Waals surface area contributed by atoms with Gasteiger partial charge in [-0.05, 0) is 49.7 Å². The first-order valence-electron chi connectivity index (χ1n) is 9.33. The van der Waals surface area contributed by atoms with E-state index in [2.05, 4.69) is 5.32 Å². The number of aryl methyl sites for hydroxylation is 1. The SMILES string of the molecule is Cc1ccc(C(=O)Nc2cccc([N+](=O)[O-])c2C)cc1N(C)S(=O)(=O)c1ccccc1. The van der Waals surface area contributed by atoms with Crippen LogP contribution in [0.1, 0.15) is 21.5 Å². The number of carbonyl (C=O) groups is 1. The Morgan fingerprint density at radius 3 is 2.32 bits per heavy atom. The summed E-state index contributed by atoms with van der Waals surface area (Å²) >= 11 is 0.